The van der Waals surface area contributed by atoms with Crippen LogP contribution in [0.1, 0.15) is 40.0 Å². The molecule has 0 aromatic rings. The van der Waals surface area contributed by atoms with Gasteiger partial charge in [0, 0.05) is 0 Å². The lowest BCUT2D eigenvalue weighted by atomic mass is 9.97. The molecular weight excluding hydrogens is 208 g/mol. The number of nitrogens with one attached hydrogen (secondary N) is 1. The Morgan fingerprint density at radius 2 is 1.87 bits per heavy atom. The Bertz CT molecular complexity index is 200. The molecule has 0 aliphatic carbocycles. The van der Waals surface area contributed by atoms with E-state index in [2.05, 4.69) is 32.0 Å². The first-order valence-electron chi connectivity index (χ1n) is 5.74. The summed E-state index contributed by atoms with van der Waals surface area (Å²) >= 11 is 0. The highest BCUT2D eigenvalue weighted by atomic mass is 35.5. The van der Waals surface area contributed by atoms with Crippen molar-refractivity contribution in [2.75, 3.05) is 6.54 Å². The van der Waals surface area contributed by atoms with Gasteiger partial charge in [-0.2, -0.15) is 0 Å². The second-order valence-corrected chi connectivity index (χ2v) is 4.78. The maximum atomic E-state index is 4.07. The van der Waals surface area contributed by atoms with Crippen LogP contribution >= 0.6 is 0 Å². The van der Waals surface area contributed by atoms with Crippen LogP contribution in [0.5, 0.6) is 0 Å². The molecule has 0 saturated heterocycles. The molecule has 3 heteroatoms. The van der Waals surface area contributed by atoms with E-state index in [1.165, 1.54) is 30.7 Å². The molecule has 2 atom stereocenters. The number of rotatable bonds is 6. The molecule has 1 aliphatic rings. The summed E-state index contributed by atoms with van der Waals surface area (Å²) in [6.45, 7) is 8.15. The Balaban J connectivity index is 0.00000196. The summed E-state index contributed by atoms with van der Waals surface area (Å²) in [7, 11) is 0. The molecular formula is C12H23ClN2. The van der Waals surface area contributed by atoms with Gasteiger partial charge in [0.05, 0.1) is 12.7 Å². The Morgan fingerprint density at radius 1 is 1.13 bits per heavy atom. The van der Waals surface area contributed by atoms with Gasteiger partial charge in [0.15, 0.2) is 6.34 Å². The summed E-state index contributed by atoms with van der Waals surface area (Å²) in [5.41, 5.74) is 0. The average Bonchev–Trinajstić information content (AvgIpc) is 2.63. The maximum Gasteiger partial charge on any atom is 0.193 e. The number of halogens is 1. The molecule has 0 fully saturated rings. The van der Waals surface area contributed by atoms with Crippen LogP contribution in [0.25, 0.3) is 0 Å². The SMILES string of the molecule is CC(C)CCC(C)CC[NH+]1C=CN=C1.[Cl-]. The molecule has 0 spiro atoms. The molecule has 88 valence electrons. The van der Waals surface area contributed by atoms with Crippen LogP contribution in [-0.4, -0.2) is 12.9 Å². The molecule has 0 aromatic heterocycles. The summed E-state index contributed by atoms with van der Waals surface area (Å²) in [5.74, 6) is 1.70. The third kappa shape index (κ3) is 6.69. The minimum atomic E-state index is 0. The van der Waals surface area contributed by atoms with Crippen molar-refractivity contribution in [1.29, 1.82) is 0 Å². The number of nitrogens with zero attached hydrogens (tertiary/aromatic N) is 1. The molecule has 1 aliphatic heterocycles. The summed E-state index contributed by atoms with van der Waals surface area (Å²) in [6, 6.07) is 0. The smallest absolute Gasteiger partial charge is 0.193 e. The molecule has 0 saturated carbocycles. The van der Waals surface area contributed by atoms with Gasteiger partial charge in [0.25, 0.3) is 0 Å². The topological polar surface area (TPSA) is 16.8 Å². The van der Waals surface area contributed by atoms with Crippen LogP contribution in [-0.2, 0) is 0 Å². The Labute approximate surface area is 99.9 Å². The highest BCUT2D eigenvalue weighted by Crippen LogP contribution is 2.13. The van der Waals surface area contributed by atoms with E-state index in [9.17, 15) is 0 Å². The van der Waals surface area contributed by atoms with Crippen molar-refractivity contribution in [3.05, 3.63) is 12.4 Å². The van der Waals surface area contributed by atoms with Crippen LogP contribution in [0, 0.1) is 11.8 Å². The number of hydrogen-bond acceptors (Lipinski definition) is 1. The van der Waals surface area contributed by atoms with E-state index in [0.29, 0.717) is 0 Å². The Morgan fingerprint density at radius 3 is 2.40 bits per heavy atom. The van der Waals surface area contributed by atoms with Gasteiger partial charge in [0.2, 0.25) is 0 Å². The first-order chi connectivity index (χ1) is 6.68. The van der Waals surface area contributed by atoms with Gasteiger partial charge in [0.1, 0.15) is 6.20 Å². The van der Waals surface area contributed by atoms with E-state index < -0.39 is 0 Å². The lowest BCUT2D eigenvalue weighted by molar-refractivity contribution is -0.737. The van der Waals surface area contributed by atoms with Crippen LogP contribution in [0.3, 0.4) is 0 Å². The van der Waals surface area contributed by atoms with Gasteiger partial charge < -0.3 is 12.4 Å². The van der Waals surface area contributed by atoms with Crippen LogP contribution in [0.2, 0.25) is 0 Å². The molecule has 0 amide bonds. The molecule has 2 nitrogen and oxygen atoms in total. The number of quaternary nitrogens is 1. The van der Waals surface area contributed by atoms with Gasteiger partial charge in [-0.25, -0.2) is 4.99 Å². The Hall–Kier alpha value is -0.340. The van der Waals surface area contributed by atoms with Crippen LogP contribution < -0.4 is 17.3 Å². The first-order valence-corrected chi connectivity index (χ1v) is 5.74. The minimum Gasteiger partial charge on any atom is -1.00 e. The largest absolute Gasteiger partial charge is 1.00 e. The Kier molecular flexibility index (Phi) is 7.71. The molecule has 1 heterocycles. The zero-order chi connectivity index (χ0) is 10.4. The van der Waals surface area contributed by atoms with E-state index in [4.69, 9.17) is 0 Å². The van der Waals surface area contributed by atoms with Gasteiger partial charge in [-0.3, -0.25) is 4.90 Å². The molecule has 1 N–H and O–H groups in total. The summed E-state index contributed by atoms with van der Waals surface area (Å²) in [5, 5.41) is 0. The van der Waals surface area contributed by atoms with E-state index in [1.807, 2.05) is 12.5 Å². The van der Waals surface area contributed by atoms with E-state index in [0.717, 1.165) is 11.8 Å². The predicted molar refractivity (Wildman–Crippen MR) is 61.3 cm³/mol. The minimum absolute atomic E-state index is 0. The normalized spacial score (nSPS) is 20.7. The lowest BCUT2D eigenvalue weighted by Gasteiger charge is -2.13. The highest BCUT2D eigenvalue weighted by molar-refractivity contribution is 5.47. The molecule has 0 bridgehead atoms. The van der Waals surface area contributed by atoms with E-state index in [1.54, 1.807) is 0 Å². The third-order valence-corrected chi connectivity index (χ3v) is 2.78. The second kappa shape index (κ2) is 7.89. The fourth-order valence-corrected chi connectivity index (χ4v) is 1.64. The zero-order valence-corrected chi connectivity index (χ0v) is 10.8. The van der Waals surface area contributed by atoms with Crippen molar-refractivity contribution in [3.63, 3.8) is 0 Å². The van der Waals surface area contributed by atoms with Crippen molar-refractivity contribution in [2.45, 2.75) is 40.0 Å². The third-order valence-electron chi connectivity index (χ3n) is 2.78. The number of hydrogen-bond donors (Lipinski definition) is 1. The number of aliphatic imine (C=N–C) groups is 1. The van der Waals surface area contributed by atoms with Crippen LogP contribution in [0.15, 0.2) is 17.4 Å². The van der Waals surface area contributed by atoms with Crippen molar-refractivity contribution in [2.24, 2.45) is 16.8 Å². The highest BCUT2D eigenvalue weighted by Gasteiger charge is 2.09. The average molecular weight is 231 g/mol. The zero-order valence-electron chi connectivity index (χ0n) is 10.0. The van der Waals surface area contributed by atoms with Crippen LogP contribution in [0.4, 0.5) is 0 Å². The van der Waals surface area contributed by atoms with Gasteiger partial charge >= 0.3 is 0 Å². The second-order valence-electron chi connectivity index (χ2n) is 4.78. The van der Waals surface area contributed by atoms with E-state index in [-0.39, 0.29) is 12.4 Å². The molecule has 0 radical (unpaired) electrons. The molecule has 15 heavy (non-hydrogen) atoms. The fourth-order valence-electron chi connectivity index (χ4n) is 1.64. The summed E-state index contributed by atoms with van der Waals surface area (Å²) in [6.07, 6.45) is 10.0. The van der Waals surface area contributed by atoms with Gasteiger partial charge in [-0.15, -0.1) is 0 Å². The van der Waals surface area contributed by atoms with Gasteiger partial charge in [-0.1, -0.05) is 33.6 Å². The predicted octanol–water partition coefficient (Wildman–Crippen LogP) is -1.15. The maximum absolute atomic E-state index is 4.07. The van der Waals surface area contributed by atoms with Crippen molar-refractivity contribution >= 4 is 6.34 Å². The molecule has 2 unspecified atom stereocenters. The van der Waals surface area contributed by atoms with Crippen molar-refractivity contribution < 1.29 is 17.3 Å². The molecule has 1 rings (SSSR count). The first kappa shape index (κ1) is 14.7. The standard InChI is InChI=1S/C12H22N2.ClH/c1-11(2)4-5-12(3)6-8-14-9-7-13-10-14;/h7,9-12H,4-6,8H2,1-3H3;1H. The summed E-state index contributed by atoms with van der Waals surface area (Å²) < 4.78 is 0. The monoisotopic (exact) mass is 230 g/mol. The summed E-state index contributed by atoms with van der Waals surface area (Å²) in [4.78, 5) is 5.46. The van der Waals surface area contributed by atoms with Crippen molar-refractivity contribution in [1.82, 2.24) is 0 Å². The lowest BCUT2D eigenvalue weighted by Crippen LogP contribution is -3.05. The molecule has 0 aromatic carbocycles. The van der Waals surface area contributed by atoms with Gasteiger partial charge in [-0.05, 0) is 18.3 Å². The van der Waals surface area contributed by atoms with E-state index >= 15 is 0 Å². The van der Waals surface area contributed by atoms with Crippen molar-refractivity contribution in [3.8, 4) is 0 Å². The fraction of sp³-hybridized carbons (Fsp3) is 0.750. The quantitative estimate of drug-likeness (QED) is 0.594.